The normalized spacial score (nSPS) is 25.6. The van der Waals surface area contributed by atoms with Gasteiger partial charge in [-0.3, -0.25) is 4.79 Å². The Morgan fingerprint density at radius 1 is 1.55 bits per heavy atom. The van der Waals surface area contributed by atoms with Crippen molar-refractivity contribution in [3.63, 3.8) is 0 Å². The van der Waals surface area contributed by atoms with Crippen LogP contribution < -0.4 is 0 Å². The van der Waals surface area contributed by atoms with E-state index in [4.69, 9.17) is 0 Å². The molecule has 0 saturated heterocycles. The number of ketones is 1. The van der Waals surface area contributed by atoms with Crippen molar-refractivity contribution in [1.29, 1.82) is 0 Å². The van der Waals surface area contributed by atoms with Crippen molar-refractivity contribution < 1.29 is 4.79 Å². The molecule has 1 aliphatic rings. The fraction of sp³-hybridized carbons (Fsp3) is 0.700. The van der Waals surface area contributed by atoms with Gasteiger partial charge in [0, 0.05) is 6.42 Å². The summed E-state index contributed by atoms with van der Waals surface area (Å²) in [5.74, 6) is 1.33. The molecule has 0 bridgehead atoms. The number of rotatable bonds is 1. The van der Waals surface area contributed by atoms with Crippen molar-refractivity contribution in [3.05, 3.63) is 11.6 Å². The van der Waals surface area contributed by atoms with Gasteiger partial charge < -0.3 is 0 Å². The fourth-order valence-corrected chi connectivity index (χ4v) is 1.52. The maximum atomic E-state index is 11.4. The van der Waals surface area contributed by atoms with E-state index in [1.165, 1.54) is 0 Å². The van der Waals surface area contributed by atoms with Crippen LogP contribution >= 0.6 is 0 Å². The van der Waals surface area contributed by atoms with Crippen LogP contribution in [0.15, 0.2) is 11.6 Å². The maximum absolute atomic E-state index is 11.4. The van der Waals surface area contributed by atoms with Crippen LogP contribution in [0.3, 0.4) is 0 Å². The Balaban J connectivity index is 2.73. The van der Waals surface area contributed by atoms with E-state index in [-0.39, 0.29) is 0 Å². The van der Waals surface area contributed by atoms with Gasteiger partial charge in [0.1, 0.15) is 0 Å². The first-order valence-electron chi connectivity index (χ1n) is 4.34. The van der Waals surface area contributed by atoms with Crippen molar-refractivity contribution in [2.75, 3.05) is 0 Å². The predicted molar refractivity (Wildman–Crippen MR) is 46.3 cm³/mol. The van der Waals surface area contributed by atoms with Crippen molar-refractivity contribution in [3.8, 4) is 0 Å². The third kappa shape index (κ3) is 1.92. The lowest BCUT2D eigenvalue weighted by Crippen LogP contribution is -2.16. The van der Waals surface area contributed by atoms with Gasteiger partial charge in [-0.05, 0) is 23.8 Å². The molecule has 1 atom stereocenters. The number of hydrogen-bond acceptors (Lipinski definition) is 1. The molecule has 1 unspecified atom stereocenters. The van der Waals surface area contributed by atoms with Crippen molar-refractivity contribution >= 4 is 5.78 Å². The standard InChI is InChI=1S/C10H16O/c1-7(2)9-5-4-8(3)6-10(9)11/h5,7-8H,4,6H2,1-3H3. The lowest BCUT2D eigenvalue weighted by Gasteiger charge is -2.19. The molecule has 1 rings (SSSR count). The number of carbonyl (C=O) groups excluding carboxylic acids is 1. The Kier molecular flexibility index (Phi) is 2.48. The summed E-state index contributed by atoms with van der Waals surface area (Å²) in [6.45, 7) is 6.30. The highest BCUT2D eigenvalue weighted by Crippen LogP contribution is 2.24. The summed E-state index contributed by atoms with van der Waals surface area (Å²) in [7, 11) is 0. The van der Waals surface area contributed by atoms with Gasteiger partial charge in [0.25, 0.3) is 0 Å². The Morgan fingerprint density at radius 2 is 2.18 bits per heavy atom. The zero-order chi connectivity index (χ0) is 8.43. The fourth-order valence-electron chi connectivity index (χ4n) is 1.52. The number of hydrogen-bond donors (Lipinski definition) is 0. The summed E-state index contributed by atoms with van der Waals surface area (Å²) < 4.78 is 0. The topological polar surface area (TPSA) is 17.1 Å². The smallest absolute Gasteiger partial charge is 0.159 e. The highest BCUT2D eigenvalue weighted by Gasteiger charge is 2.20. The minimum Gasteiger partial charge on any atom is -0.295 e. The molecule has 0 spiro atoms. The summed E-state index contributed by atoms with van der Waals surface area (Å²) in [6, 6.07) is 0. The molecule has 0 radical (unpaired) electrons. The second-order valence-corrected chi connectivity index (χ2v) is 3.78. The molecule has 0 aromatic heterocycles. The van der Waals surface area contributed by atoms with Crippen LogP contribution in [0.5, 0.6) is 0 Å². The van der Waals surface area contributed by atoms with Gasteiger partial charge in [-0.2, -0.15) is 0 Å². The predicted octanol–water partition coefficient (Wildman–Crippen LogP) is 2.57. The molecule has 0 aliphatic heterocycles. The van der Waals surface area contributed by atoms with Crippen LogP contribution in [0.2, 0.25) is 0 Å². The third-order valence-electron chi connectivity index (χ3n) is 2.22. The van der Waals surface area contributed by atoms with Crippen LogP contribution in [0, 0.1) is 11.8 Å². The Bertz CT molecular complexity index is 189. The molecule has 0 saturated carbocycles. The summed E-state index contributed by atoms with van der Waals surface area (Å²) >= 11 is 0. The molecule has 62 valence electrons. The number of carbonyl (C=O) groups is 1. The maximum Gasteiger partial charge on any atom is 0.159 e. The van der Waals surface area contributed by atoms with Crippen molar-refractivity contribution in [2.45, 2.75) is 33.6 Å². The highest BCUT2D eigenvalue weighted by atomic mass is 16.1. The average Bonchev–Trinajstić information content (AvgIpc) is 1.85. The van der Waals surface area contributed by atoms with E-state index < -0.39 is 0 Å². The molecule has 0 N–H and O–H groups in total. The van der Waals surface area contributed by atoms with E-state index in [9.17, 15) is 4.79 Å². The molecule has 1 nitrogen and oxygen atoms in total. The molecular formula is C10H16O. The molecule has 11 heavy (non-hydrogen) atoms. The molecular weight excluding hydrogens is 136 g/mol. The number of Topliss-reactive ketones (excluding diaryl/α,β-unsaturated/α-hetero) is 1. The summed E-state index contributed by atoms with van der Waals surface area (Å²) in [5.41, 5.74) is 1.04. The van der Waals surface area contributed by atoms with Crippen molar-refractivity contribution in [1.82, 2.24) is 0 Å². The molecule has 0 aromatic rings. The van der Waals surface area contributed by atoms with Crippen LogP contribution in [0.1, 0.15) is 33.6 Å². The van der Waals surface area contributed by atoms with E-state index in [0.29, 0.717) is 17.6 Å². The average molecular weight is 152 g/mol. The minimum atomic E-state index is 0.360. The van der Waals surface area contributed by atoms with E-state index in [1.807, 2.05) is 0 Å². The summed E-state index contributed by atoms with van der Waals surface area (Å²) in [6.07, 6.45) is 3.95. The van der Waals surface area contributed by atoms with Gasteiger partial charge in [-0.25, -0.2) is 0 Å². The molecule has 1 heteroatoms. The van der Waals surface area contributed by atoms with Crippen LogP contribution in [0.4, 0.5) is 0 Å². The van der Waals surface area contributed by atoms with Crippen molar-refractivity contribution in [2.24, 2.45) is 11.8 Å². The van der Waals surface area contributed by atoms with Gasteiger partial charge in [0.05, 0.1) is 0 Å². The molecule has 1 aliphatic carbocycles. The van der Waals surface area contributed by atoms with Gasteiger partial charge in [-0.1, -0.05) is 26.8 Å². The van der Waals surface area contributed by atoms with Crippen LogP contribution in [0.25, 0.3) is 0 Å². The molecule has 0 aromatic carbocycles. The Morgan fingerprint density at radius 3 is 2.64 bits per heavy atom. The lowest BCUT2D eigenvalue weighted by atomic mass is 9.85. The quantitative estimate of drug-likeness (QED) is 0.564. The van der Waals surface area contributed by atoms with Gasteiger partial charge in [0.2, 0.25) is 0 Å². The van der Waals surface area contributed by atoms with E-state index >= 15 is 0 Å². The first-order chi connectivity index (χ1) is 5.11. The zero-order valence-electron chi connectivity index (χ0n) is 7.55. The largest absolute Gasteiger partial charge is 0.295 e. The second-order valence-electron chi connectivity index (χ2n) is 3.78. The molecule has 0 fully saturated rings. The number of allylic oxidation sites excluding steroid dienone is 2. The SMILES string of the molecule is CC1CC=C(C(C)C)C(=O)C1. The monoisotopic (exact) mass is 152 g/mol. The van der Waals surface area contributed by atoms with Gasteiger partial charge in [-0.15, -0.1) is 0 Å². The van der Waals surface area contributed by atoms with Gasteiger partial charge in [0.15, 0.2) is 5.78 Å². The molecule has 0 heterocycles. The van der Waals surface area contributed by atoms with E-state index in [2.05, 4.69) is 26.8 Å². The molecule has 0 amide bonds. The van der Waals surface area contributed by atoms with Crippen LogP contribution in [-0.4, -0.2) is 5.78 Å². The Labute approximate surface area is 68.5 Å². The van der Waals surface area contributed by atoms with E-state index in [1.54, 1.807) is 0 Å². The first-order valence-corrected chi connectivity index (χ1v) is 4.34. The second kappa shape index (κ2) is 3.21. The van der Waals surface area contributed by atoms with E-state index in [0.717, 1.165) is 18.4 Å². The first kappa shape index (κ1) is 8.51. The lowest BCUT2D eigenvalue weighted by molar-refractivity contribution is -0.117. The summed E-state index contributed by atoms with van der Waals surface area (Å²) in [4.78, 5) is 11.4. The van der Waals surface area contributed by atoms with Crippen LogP contribution in [-0.2, 0) is 4.79 Å². The van der Waals surface area contributed by atoms with Gasteiger partial charge >= 0.3 is 0 Å². The third-order valence-corrected chi connectivity index (χ3v) is 2.22. The highest BCUT2D eigenvalue weighted by molar-refractivity contribution is 5.96. The zero-order valence-corrected chi connectivity index (χ0v) is 7.55. The Hall–Kier alpha value is -0.590. The summed E-state index contributed by atoms with van der Waals surface area (Å²) in [5, 5.41) is 0. The minimum absolute atomic E-state index is 0.360.